The Balaban J connectivity index is 0.000000170. The minimum Gasteiger partial charge on any atom is -0.323 e. The highest BCUT2D eigenvalue weighted by Gasteiger charge is 2.29. The predicted octanol–water partition coefficient (Wildman–Crippen LogP) is 14.7. The van der Waals surface area contributed by atoms with Crippen molar-refractivity contribution in [2.75, 3.05) is 0 Å². The van der Waals surface area contributed by atoms with Gasteiger partial charge in [-0.2, -0.15) is 10.5 Å². The first-order valence-electron chi connectivity index (χ1n) is 26.4. The van der Waals surface area contributed by atoms with Crippen LogP contribution in [0.15, 0.2) is 218 Å². The van der Waals surface area contributed by atoms with Gasteiger partial charge < -0.3 is 4.98 Å². The van der Waals surface area contributed by atoms with E-state index >= 15 is 0 Å². The van der Waals surface area contributed by atoms with Crippen molar-refractivity contribution in [3.05, 3.63) is 247 Å². The molecule has 14 nitrogen and oxygen atoms in total. The largest absolute Gasteiger partial charge is 0.323 e. The molecule has 0 bridgehead atoms. The number of hydrogen-bond acceptors (Lipinski definition) is 6. The quantitative estimate of drug-likeness (QED) is 0.174. The first kappa shape index (κ1) is 47.1. The minimum atomic E-state index is -1.44. The monoisotopic (exact) mass is 1080 g/mol. The number of para-hydroxylation sites is 16. The molecule has 0 fully saturated rings. The number of rotatable bonds is 3. The van der Waals surface area contributed by atoms with E-state index in [9.17, 15) is 18.4 Å². The van der Waals surface area contributed by atoms with Crippen molar-refractivity contribution in [1.82, 2.24) is 56.2 Å². The number of hydrogen-bond donors (Lipinski definition) is 1. The number of H-pyrrole nitrogens is 1. The van der Waals surface area contributed by atoms with Crippen molar-refractivity contribution in [2.24, 2.45) is 0 Å². The smallest absolute Gasteiger partial charge is 0.220 e. The molecule has 0 aliphatic rings. The molecule has 83 heavy (non-hydrogen) atoms. The van der Waals surface area contributed by atoms with E-state index in [0.29, 0.717) is 34.8 Å². The molecule has 0 unspecified atom stereocenters. The summed E-state index contributed by atoms with van der Waals surface area (Å²) in [5, 5.41) is 19.8. The third-order valence-electron chi connectivity index (χ3n) is 15.4. The zero-order valence-corrected chi connectivity index (χ0v) is 43.2. The Kier molecular flexibility index (Phi) is 10.2. The molecule has 0 atom stereocenters. The van der Waals surface area contributed by atoms with Gasteiger partial charge in [0, 0.05) is 0 Å². The van der Waals surface area contributed by atoms with Crippen LogP contribution in [0.3, 0.4) is 0 Å². The van der Waals surface area contributed by atoms with Gasteiger partial charge in [0.1, 0.15) is 29.1 Å². The normalized spacial score (nSPS) is 11.8. The summed E-state index contributed by atoms with van der Waals surface area (Å²) < 4.78 is 52.3. The Morgan fingerprint density at radius 3 is 1.17 bits per heavy atom. The molecule has 18 rings (SSSR count). The number of nitriles is 2. The standard InChI is InChI=1S/C46H26N10.C13H9N3.C7H2F3N/c47-27-28-32(51-36-19-7-8-20-37(36)52-33-16-4-1-13-29(33)48-44(51)52)25-26-42(55-39-22-10-9-21-38(39)53-34-17-5-2-14-30(34)49-45(53)55)43(28)56-41-24-12-11-23-40(41)54-35-18-6-3-15-31(35)50-46(54)56;1-3-7-11-9(5-1)14-13-15-10-6-2-4-8-12(10)16(11)13;8-5-1-2-6(9)7(10)4(5)3-11/h1-26H;1-8H,(H,14,15);1-2H. The Hall–Kier alpha value is -12.0. The highest BCUT2D eigenvalue weighted by atomic mass is 19.2. The molecular weight excluding hydrogens is 1050 g/mol. The van der Waals surface area contributed by atoms with Crippen molar-refractivity contribution in [3.8, 4) is 29.2 Å². The number of fused-ring (bicyclic) bond motifs is 20. The number of aromatic nitrogens is 12. The summed E-state index contributed by atoms with van der Waals surface area (Å²) in [4.78, 5) is 23.6. The summed E-state index contributed by atoms with van der Waals surface area (Å²) >= 11 is 0. The molecule has 8 aromatic heterocycles. The predicted molar refractivity (Wildman–Crippen MR) is 316 cm³/mol. The van der Waals surface area contributed by atoms with Gasteiger partial charge in [-0.25, -0.2) is 33.1 Å². The molecule has 0 saturated heterocycles. The summed E-state index contributed by atoms with van der Waals surface area (Å²) in [6.45, 7) is 0. The highest BCUT2D eigenvalue weighted by molar-refractivity contribution is 5.98. The van der Waals surface area contributed by atoms with Crippen LogP contribution in [-0.2, 0) is 0 Å². The van der Waals surface area contributed by atoms with Gasteiger partial charge in [-0.15, -0.1) is 0 Å². The average Bonchev–Trinajstić information content (AvgIpc) is 2.25. The van der Waals surface area contributed by atoms with Crippen molar-refractivity contribution in [2.45, 2.75) is 0 Å². The Morgan fingerprint density at radius 2 is 0.687 bits per heavy atom. The van der Waals surface area contributed by atoms with Crippen molar-refractivity contribution in [1.29, 1.82) is 10.5 Å². The fraction of sp³-hybridized carbons (Fsp3) is 0. The zero-order valence-electron chi connectivity index (χ0n) is 43.2. The lowest BCUT2D eigenvalue weighted by Crippen LogP contribution is -2.10. The molecule has 8 heterocycles. The van der Waals surface area contributed by atoms with Crippen molar-refractivity contribution >= 4 is 111 Å². The lowest BCUT2D eigenvalue weighted by Gasteiger charge is -2.19. The zero-order chi connectivity index (χ0) is 55.6. The van der Waals surface area contributed by atoms with Gasteiger partial charge in [0.2, 0.25) is 23.1 Å². The van der Waals surface area contributed by atoms with Crippen LogP contribution < -0.4 is 0 Å². The van der Waals surface area contributed by atoms with Gasteiger partial charge in [-0.05, 0) is 121 Å². The number of imidazole rings is 8. The second-order valence-corrected chi connectivity index (χ2v) is 19.9. The van der Waals surface area contributed by atoms with Gasteiger partial charge in [0.25, 0.3) is 0 Å². The summed E-state index contributed by atoms with van der Waals surface area (Å²) in [5.74, 6) is -0.619. The topological polar surface area (TPSA) is 147 Å². The Bertz CT molecular complexity index is 5740. The molecule has 0 aliphatic heterocycles. The van der Waals surface area contributed by atoms with Crippen LogP contribution in [0.4, 0.5) is 13.2 Å². The molecule has 18 aromatic rings. The van der Waals surface area contributed by atoms with E-state index in [1.165, 1.54) is 11.6 Å². The first-order chi connectivity index (χ1) is 40.9. The van der Waals surface area contributed by atoms with Crippen LogP contribution >= 0.6 is 0 Å². The van der Waals surface area contributed by atoms with Crippen LogP contribution in [0, 0.1) is 40.1 Å². The Labute approximate surface area is 465 Å². The summed E-state index contributed by atoms with van der Waals surface area (Å²) in [5.41, 5.74) is 17.7. The molecule has 0 spiro atoms. The Morgan fingerprint density at radius 1 is 0.325 bits per heavy atom. The van der Waals surface area contributed by atoms with Gasteiger partial charge in [-0.1, -0.05) is 97.1 Å². The average molecular weight is 1080 g/mol. The van der Waals surface area contributed by atoms with E-state index in [2.05, 4.69) is 144 Å². The van der Waals surface area contributed by atoms with Gasteiger partial charge in [0.05, 0.1) is 105 Å². The number of halogens is 3. The maximum atomic E-state index is 12.4. The van der Waals surface area contributed by atoms with Crippen LogP contribution in [0.5, 0.6) is 0 Å². The fourth-order valence-corrected chi connectivity index (χ4v) is 11.9. The van der Waals surface area contributed by atoms with E-state index in [1.807, 2.05) is 109 Å². The summed E-state index contributed by atoms with van der Waals surface area (Å²) in [6.07, 6.45) is 0. The molecule has 10 aromatic carbocycles. The second-order valence-electron chi connectivity index (χ2n) is 19.9. The SMILES string of the molecule is N#Cc1c(-n2c3ccccc3n3c4ccccc4nc23)ccc(-n2c3ccccc3n3c4ccccc4nc23)c1-n1c2ccccc2n2c3ccccc3nc12.N#Cc1c(F)ccc(F)c1F.c1ccc2c(c1)nc1[nH]c3ccccc3n12. The van der Waals surface area contributed by atoms with E-state index < -0.39 is 23.0 Å². The first-order valence-corrected chi connectivity index (χ1v) is 26.4. The minimum absolute atomic E-state index is 0.472. The number of benzene rings is 10. The lowest BCUT2D eigenvalue weighted by molar-refractivity contribution is 0.491. The van der Waals surface area contributed by atoms with Gasteiger partial charge in [-0.3, -0.25) is 31.3 Å². The van der Waals surface area contributed by atoms with Gasteiger partial charge in [0.15, 0.2) is 11.6 Å². The molecule has 17 heteroatoms. The van der Waals surface area contributed by atoms with Gasteiger partial charge >= 0.3 is 0 Å². The molecule has 0 saturated carbocycles. The lowest BCUT2D eigenvalue weighted by atomic mass is 10.1. The molecule has 0 aliphatic carbocycles. The molecular formula is C66H37F3N14. The van der Waals surface area contributed by atoms with E-state index in [0.717, 1.165) is 106 Å². The van der Waals surface area contributed by atoms with E-state index in [1.54, 1.807) is 0 Å². The van der Waals surface area contributed by atoms with Crippen LogP contribution in [0.1, 0.15) is 11.1 Å². The van der Waals surface area contributed by atoms with Crippen molar-refractivity contribution in [3.63, 3.8) is 0 Å². The van der Waals surface area contributed by atoms with Crippen LogP contribution in [0.2, 0.25) is 0 Å². The fourth-order valence-electron chi connectivity index (χ4n) is 11.9. The van der Waals surface area contributed by atoms with Crippen LogP contribution in [0.25, 0.3) is 128 Å². The van der Waals surface area contributed by atoms with Crippen molar-refractivity contribution < 1.29 is 13.2 Å². The number of nitrogens with zero attached hydrogens (tertiary/aromatic N) is 13. The third kappa shape index (κ3) is 6.82. The van der Waals surface area contributed by atoms with Crippen LogP contribution in [-0.4, -0.2) is 56.2 Å². The van der Waals surface area contributed by atoms with E-state index in [-0.39, 0.29) is 0 Å². The summed E-state index contributed by atoms with van der Waals surface area (Å²) in [6, 6.07) is 75.4. The summed E-state index contributed by atoms with van der Waals surface area (Å²) in [7, 11) is 0. The molecule has 0 amide bonds. The maximum absolute atomic E-state index is 12.4. The highest BCUT2D eigenvalue weighted by Crippen LogP contribution is 2.41. The maximum Gasteiger partial charge on any atom is 0.220 e. The van der Waals surface area contributed by atoms with E-state index in [4.69, 9.17) is 20.2 Å². The molecule has 1 N–H and O–H groups in total. The molecule has 0 radical (unpaired) electrons. The number of aromatic amines is 1. The third-order valence-corrected chi connectivity index (χ3v) is 15.4. The number of nitrogens with one attached hydrogen (secondary N) is 1. The molecule has 392 valence electrons. The second kappa shape index (κ2) is 18.0.